The first-order chi connectivity index (χ1) is 13.5. The monoisotopic (exact) mass is 435 g/mol. The number of carbonyl (C=O) groups is 1. The topological polar surface area (TPSA) is 79.4 Å². The number of nitrogens with one attached hydrogen (secondary N) is 1. The second kappa shape index (κ2) is 9.24. The highest BCUT2D eigenvalue weighted by atomic mass is 35.5. The smallest absolute Gasteiger partial charge is 0.224 e. The predicted octanol–water partition coefficient (Wildman–Crippen LogP) is 2.33. The molecule has 0 saturated carbocycles. The van der Waals surface area contributed by atoms with E-state index in [1.165, 1.54) is 5.56 Å². The second-order valence-electron chi connectivity index (χ2n) is 7.45. The molecule has 1 aliphatic heterocycles. The van der Waals surface area contributed by atoms with Crippen molar-refractivity contribution < 1.29 is 13.2 Å². The number of hydrogen-bond acceptors (Lipinski definition) is 5. The van der Waals surface area contributed by atoms with Crippen molar-refractivity contribution >= 4 is 28.2 Å². The van der Waals surface area contributed by atoms with E-state index in [9.17, 15) is 13.2 Å². The zero-order valence-corrected chi connectivity index (χ0v) is 17.8. The summed E-state index contributed by atoms with van der Waals surface area (Å²) in [7, 11) is -3.47. The molecule has 1 fully saturated rings. The number of nitrogens with zero attached hydrogens (tertiary/aromatic N) is 2. The number of piperazine rings is 1. The van der Waals surface area contributed by atoms with Crippen LogP contribution in [0.3, 0.4) is 0 Å². The Morgan fingerprint density at radius 1 is 1.21 bits per heavy atom. The molecular formula is C21H26ClN3O3S. The van der Waals surface area contributed by atoms with E-state index in [1.54, 1.807) is 29.4 Å². The third kappa shape index (κ3) is 4.79. The lowest BCUT2D eigenvalue weighted by Gasteiger charge is -2.36. The largest absolute Gasteiger partial charge is 0.333 e. The summed E-state index contributed by atoms with van der Waals surface area (Å²) in [5.74, 6) is -0.283. The minimum Gasteiger partial charge on any atom is -0.333 e. The Bertz CT molecular complexity index is 966. The third-order valence-corrected chi connectivity index (χ3v) is 7.36. The van der Waals surface area contributed by atoms with Crippen molar-refractivity contribution in [3.8, 4) is 0 Å². The molecule has 1 aliphatic carbocycles. The van der Waals surface area contributed by atoms with Gasteiger partial charge in [-0.1, -0.05) is 12.1 Å². The van der Waals surface area contributed by atoms with E-state index >= 15 is 0 Å². The summed E-state index contributed by atoms with van der Waals surface area (Å²) < 4.78 is 25.6. The van der Waals surface area contributed by atoms with Gasteiger partial charge in [-0.25, -0.2) is 8.42 Å². The van der Waals surface area contributed by atoms with Crippen molar-refractivity contribution in [3.05, 3.63) is 59.4 Å². The van der Waals surface area contributed by atoms with E-state index in [0.29, 0.717) is 24.5 Å². The highest BCUT2D eigenvalue weighted by Gasteiger charge is 2.29. The molecule has 1 saturated heterocycles. The lowest BCUT2D eigenvalue weighted by Crippen LogP contribution is -2.49. The fourth-order valence-corrected chi connectivity index (χ4v) is 5.37. The van der Waals surface area contributed by atoms with Crippen LogP contribution in [-0.4, -0.2) is 49.6 Å². The molecule has 2 aromatic rings. The number of rotatable bonds is 5. The van der Waals surface area contributed by atoms with Crippen LogP contribution in [0.4, 0.5) is 0 Å². The number of pyridine rings is 1. The molecule has 4 rings (SSSR count). The summed E-state index contributed by atoms with van der Waals surface area (Å²) in [5, 5.41) is 3.30. The van der Waals surface area contributed by atoms with Crippen LogP contribution >= 0.6 is 12.4 Å². The normalized spacial score (nSPS) is 18.8. The minimum absolute atomic E-state index is 0. The second-order valence-corrected chi connectivity index (χ2v) is 9.56. The first-order valence-corrected chi connectivity index (χ1v) is 11.4. The van der Waals surface area contributed by atoms with Crippen LogP contribution in [0.15, 0.2) is 47.6 Å². The number of halogens is 1. The fraction of sp³-hybridized carbons (Fsp3) is 0.429. The van der Waals surface area contributed by atoms with Crippen molar-refractivity contribution in [2.45, 2.75) is 36.6 Å². The summed E-state index contributed by atoms with van der Waals surface area (Å²) in [6.45, 7) is 1.92. The summed E-state index contributed by atoms with van der Waals surface area (Å²) >= 11 is 0. The Morgan fingerprint density at radius 3 is 2.83 bits per heavy atom. The number of fused-ring (bicyclic) bond motifs is 1. The Labute approximate surface area is 178 Å². The van der Waals surface area contributed by atoms with E-state index in [2.05, 4.69) is 10.3 Å². The van der Waals surface area contributed by atoms with Gasteiger partial charge < -0.3 is 10.2 Å². The number of carbonyl (C=O) groups excluding carboxylic acids is 1. The van der Waals surface area contributed by atoms with Crippen molar-refractivity contribution in [2.75, 3.05) is 25.4 Å². The molecule has 1 atom stereocenters. The molecule has 1 N–H and O–H groups in total. The number of amides is 1. The maximum absolute atomic E-state index is 12.9. The van der Waals surface area contributed by atoms with Gasteiger partial charge in [-0.05, 0) is 54.2 Å². The molecule has 1 aromatic carbocycles. The van der Waals surface area contributed by atoms with Crippen LogP contribution in [-0.2, 0) is 27.5 Å². The Morgan fingerprint density at radius 2 is 2.03 bits per heavy atom. The highest BCUT2D eigenvalue weighted by molar-refractivity contribution is 7.91. The summed E-state index contributed by atoms with van der Waals surface area (Å²) in [6.07, 6.45) is 6.50. The molecule has 156 valence electrons. The van der Waals surface area contributed by atoms with Gasteiger partial charge in [0.15, 0.2) is 9.84 Å². The van der Waals surface area contributed by atoms with E-state index in [4.69, 9.17) is 0 Å². The number of hydrogen-bond donors (Lipinski definition) is 1. The van der Waals surface area contributed by atoms with Crippen molar-refractivity contribution in [2.24, 2.45) is 0 Å². The van der Waals surface area contributed by atoms with Gasteiger partial charge >= 0.3 is 0 Å². The first-order valence-electron chi connectivity index (χ1n) is 9.79. The van der Waals surface area contributed by atoms with Gasteiger partial charge in [-0.3, -0.25) is 9.78 Å². The number of aromatic nitrogens is 1. The van der Waals surface area contributed by atoms with Gasteiger partial charge in [0.25, 0.3) is 0 Å². The molecule has 2 aliphatic rings. The van der Waals surface area contributed by atoms with Crippen molar-refractivity contribution in [1.29, 1.82) is 0 Å². The number of sulfone groups is 1. The minimum atomic E-state index is -3.47. The fourth-order valence-electron chi connectivity index (χ4n) is 4.10. The lowest BCUT2D eigenvalue weighted by molar-refractivity contribution is -0.134. The molecule has 0 spiro atoms. The van der Waals surface area contributed by atoms with Gasteiger partial charge in [0.05, 0.1) is 16.7 Å². The summed E-state index contributed by atoms with van der Waals surface area (Å²) in [4.78, 5) is 19.1. The standard InChI is InChI=1S/C21H25N3O3S.ClH/c25-21(24-11-10-23-15-20(24)18-5-2-9-22-14-18)8-12-28(26,27)19-7-6-16-3-1-4-17(16)13-19;/h2,5-7,9,13-14,20,23H,1,3-4,8,10-12,15H2;1H. The summed E-state index contributed by atoms with van der Waals surface area (Å²) in [6, 6.07) is 9.10. The molecule has 1 aromatic heterocycles. The third-order valence-electron chi connectivity index (χ3n) is 5.65. The quantitative estimate of drug-likeness (QED) is 0.779. The van der Waals surface area contributed by atoms with E-state index < -0.39 is 9.84 Å². The van der Waals surface area contributed by atoms with Crippen LogP contribution in [0.5, 0.6) is 0 Å². The molecule has 29 heavy (non-hydrogen) atoms. The van der Waals surface area contributed by atoms with Gasteiger partial charge in [0, 0.05) is 38.4 Å². The van der Waals surface area contributed by atoms with Crippen LogP contribution in [0.25, 0.3) is 0 Å². The Balaban J connectivity index is 0.00000240. The first kappa shape index (κ1) is 21.7. The van der Waals surface area contributed by atoms with E-state index in [1.807, 2.05) is 18.2 Å². The summed E-state index contributed by atoms with van der Waals surface area (Å²) in [5.41, 5.74) is 3.34. The molecule has 0 bridgehead atoms. The van der Waals surface area contributed by atoms with Crippen LogP contribution in [0.1, 0.15) is 35.6 Å². The van der Waals surface area contributed by atoms with Crippen LogP contribution < -0.4 is 5.32 Å². The van der Waals surface area contributed by atoms with Crippen LogP contribution in [0.2, 0.25) is 0 Å². The number of benzene rings is 1. The van der Waals surface area contributed by atoms with Gasteiger partial charge in [-0.15, -0.1) is 12.4 Å². The van der Waals surface area contributed by atoms with Crippen molar-refractivity contribution in [3.63, 3.8) is 0 Å². The zero-order chi connectivity index (χ0) is 19.6. The van der Waals surface area contributed by atoms with E-state index in [0.717, 1.165) is 30.4 Å². The van der Waals surface area contributed by atoms with Gasteiger partial charge in [-0.2, -0.15) is 0 Å². The molecule has 2 heterocycles. The molecule has 1 amide bonds. The average Bonchev–Trinajstić information content (AvgIpc) is 3.21. The molecule has 1 unspecified atom stereocenters. The van der Waals surface area contributed by atoms with Crippen LogP contribution in [0, 0.1) is 0 Å². The Hall–Kier alpha value is -1.96. The molecule has 0 radical (unpaired) electrons. The SMILES string of the molecule is Cl.O=C(CCS(=O)(=O)c1ccc2c(c1)CCC2)N1CCNCC1c1cccnc1. The van der Waals surface area contributed by atoms with Crippen molar-refractivity contribution in [1.82, 2.24) is 15.2 Å². The van der Waals surface area contributed by atoms with Gasteiger partial charge in [0.2, 0.25) is 5.91 Å². The maximum Gasteiger partial charge on any atom is 0.224 e. The highest BCUT2D eigenvalue weighted by Crippen LogP contribution is 2.26. The molecule has 6 nitrogen and oxygen atoms in total. The lowest BCUT2D eigenvalue weighted by atomic mass is 10.1. The van der Waals surface area contributed by atoms with Gasteiger partial charge in [0.1, 0.15) is 0 Å². The molecule has 8 heteroatoms. The predicted molar refractivity (Wildman–Crippen MR) is 114 cm³/mol. The van der Waals surface area contributed by atoms with E-state index in [-0.39, 0.29) is 36.5 Å². The zero-order valence-electron chi connectivity index (χ0n) is 16.2. The maximum atomic E-state index is 12.9. The molecular weight excluding hydrogens is 410 g/mol. The average molecular weight is 436 g/mol. The Kier molecular flexibility index (Phi) is 6.93. The number of aryl methyl sites for hydroxylation is 2.